The van der Waals surface area contributed by atoms with Gasteiger partial charge in [0.05, 0.1) is 10.7 Å². The van der Waals surface area contributed by atoms with Crippen LogP contribution >= 0.6 is 11.6 Å². The topological polar surface area (TPSA) is 78.4 Å². The Morgan fingerprint density at radius 2 is 2.05 bits per heavy atom. The fourth-order valence-corrected chi connectivity index (χ4v) is 1.81. The zero-order chi connectivity index (χ0) is 15.3. The number of hydrogen-bond acceptors (Lipinski definition) is 2. The van der Waals surface area contributed by atoms with E-state index in [1.807, 2.05) is 13.8 Å². The SMILES string of the molecule is CC(C)C[C@H](NC(=O)Nc1ccc(F)cc1Cl)C(=O)O. The molecule has 1 atom stereocenters. The minimum absolute atomic E-state index is 0.0379. The molecule has 0 radical (unpaired) electrons. The predicted molar refractivity (Wildman–Crippen MR) is 74.4 cm³/mol. The Balaban J connectivity index is 2.68. The molecular weight excluding hydrogens is 287 g/mol. The summed E-state index contributed by atoms with van der Waals surface area (Å²) in [5.74, 6) is -1.52. The Morgan fingerprint density at radius 3 is 2.55 bits per heavy atom. The highest BCUT2D eigenvalue weighted by molar-refractivity contribution is 6.33. The van der Waals surface area contributed by atoms with E-state index in [1.54, 1.807) is 0 Å². The van der Waals surface area contributed by atoms with Crippen molar-refractivity contribution in [2.24, 2.45) is 5.92 Å². The number of aliphatic carboxylic acids is 1. The van der Waals surface area contributed by atoms with Gasteiger partial charge in [-0.2, -0.15) is 0 Å². The Morgan fingerprint density at radius 1 is 1.40 bits per heavy atom. The van der Waals surface area contributed by atoms with E-state index in [1.165, 1.54) is 6.07 Å². The minimum Gasteiger partial charge on any atom is -0.480 e. The number of carboxylic acids is 1. The molecule has 0 bridgehead atoms. The van der Waals surface area contributed by atoms with Crippen molar-refractivity contribution >= 4 is 29.3 Å². The number of amides is 2. The number of halogens is 2. The van der Waals surface area contributed by atoms with Crippen molar-refractivity contribution in [3.63, 3.8) is 0 Å². The number of urea groups is 1. The summed E-state index contributed by atoms with van der Waals surface area (Å²) in [6.45, 7) is 3.71. The van der Waals surface area contributed by atoms with Gasteiger partial charge in [0.25, 0.3) is 0 Å². The lowest BCUT2D eigenvalue weighted by Gasteiger charge is -2.17. The molecule has 5 nitrogen and oxygen atoms in total. The molecule has 1 aromatic rings. The first kappa shape index (κ1) is 16.2. The number of carbonyl (C=O) groups is 2. The Labute approximate surface area is 121 Å². The fraction of sp³-hybridized carbons (Fsp3) is 0.385. The summed E-state index contributed by atoms with van der Waals surface area (Å²) in [7, 11) is 0. The van der Waals surface area contributed by atoms with Crippen molar-refractivity contribution in [1.29, 1.82) is 0 Å². The van der Waals surface area contributed by atoms with Gasteiger partial charge in [0, 0.05) is 0 Å². The van der Waals surface area contributed by atoms with Crippen LogP contribution in [0.2, 0.25) is 5.02 Å². The van der Waals surface area contributed by atoms with Crippen LogP contribution in [0.3, 0.4) is 0 Å². The quantitative estimate of drug-likeness (QED) is 0.782. The molecule has 0 aliphatic heterocycles. The van der Waals surface area contributed by atoms with Crippen LogP contribution in [0.15, 0.2) is 18.2 Å². The first-order valence-electron chi connectivity index (χ1n) is 6.05. The highest BCUT2D eigenvalue weighted by Gasteiger charge is 2.21. The standard InChI is InChI=1S/C13H16ClFN2O3/c1-7(2)5-11(12(18)19)17-13(20)16-10-4-3-8(15)6-9(10)14/h3-4,6-7,11H,5H2,1-2H3,(H,18,19)(H2,16,17,20)/t11-/m0/s1. The Kier molecular flexibility index (Phi) is 5.76. The monoisotopic (exact) mass is 302 g/mol. The summed E-state index contributed by atoms with van der Waals surface area (Å²) in [5, 5.41) is 13.8. The lowest BCUT2D eigenvalue weighted by Crippen LogP contribution is -2.43. The van der Waals surface area contributed by atoms with Gasteiger partial charge in [-0.3, -0.25) is 0 Å². The molecule has 0 saturated carbocycles. The number of carboxylic acid groups (broad SMARTS) is 1. The van der Waals surface area contributed by atoms with E-state index in [9.17, 15) is 14.0 Å². The lowest BCUT2D eigenvalue weighted by atomic mass is 10.0. The molecule has 1 rings (SSSR count). The Hall–Kier alpha value is -1.82. The summed E-state index contributed by atoms with van der Waals surface area (Å²) in [6.07, 6.45) is 0.305. The summed E-state index contributed by atoms with van der Waals surface area (Å²) in [6, 6.07) is 1.81. The summed E-state index contributed by atoms with van der Waals surface area (Å²) < 4.78 is 12.9. The molecule has 7 heteroatoms. The third kappa shape index (κ3) is 5.05. The maximum atomic E-state index is 12.9. The highest BCUT2D eigenvalue weighted by Crippen LogP contribution is 2.22. The van der Waals surface area contributed by atoms with Gasteiger partial charge in [0.15, 0.2) is 0 Å². The van der Waals surface area contributed by atoms with E-state index in [-0.39, 0.29) is 16.6 Å². The predicted octanol–water partition coefficient (Wildman–Crippen LogP) is 3.10. The third-order valence-corrected chi connectivity index (χ3v) is 2.80. The highest BCUT2D eigenvalue weighted by atomic mass is 35.5. The van der Waals surface area contributed by atoms with Crippen LogP contribution in [0.4, 0.5) is 14.9 Å². The van der Waals surface area contributed by atoms with Crippen molar-refractivity contribution in [1.82, 2.24) is 5.32 Å². The van der Waals surface area contributed by atoms with Crippen LogP contribution in [0.5, 0.6) is 0 Å². The van der Waals surface area contributed by atoms with Crippen LogP contribution < -0.4 is 10.6 Å². The van der Waals surface area contributed by atoms with E-state index < -0.39 is 23.9 Å². The average molecular weight is 303 g/mol. The average Bonchev–Trinajstić information content (AvgIpc) is 2.31. The van der Waals surface area contributed by atoms with Crippen molar-refractivity contribution in [2.75, 3.05) is 5.32 Å². The second-order valence-corrected chi connectivity index (χ2v) is 5.15. The number of benzene rings is 1. The van der Waals surface area contributed by atoms with Crippen molar-refractivity contribution in [3.05, 3.63) is 29.0 Å². The van der Waals surface area contributed by atoms with Crippen molar-refractivity contribution in [3.8, 4) is 0 Å². The van der Waals surface area contributed by atoms with Crippen LogP contribution in [0.25, 0.3) is 0 Å². The number of rotatable bonds is 5. The first-order chi connectivity index (χ1) is 9.29. The number of carbonyl (C=O) groups excluding carboxylic acids is 1. The maximum Gasteiger partial charge on any atom is 0.326 e. The molecule has 2 amide bonds. The number of nitrogens with one attached hydrogen (secondary N) is 2. The number of hydrogen-bond donors (Lipinski definition) is 3. The fourth-order valence-electron chi connectivity index (χ4n) is 1.60. The van der Waals surface area contributed by atoms with Crippen LogP contribution in [-0.2, 0) is 4.79 Å². The van der Waals surface area contributed by atoms with E-state index in [0.29, 0.717) is 6.42 Å². The smallest absolute Gasteiger partial charge is 0.326 e. The van der Waals surface area contributed by atoms with E-state index in [4.69, 9.17) is 16.7 Å². The molecule has 0 heterocycles. The largest absolute Gasteiger partial charge is 0.480 e. The molecule has 110 valence electrons. The van der Waals surface area contributed by atoms with Gasteiger partial charge in [-0.15, -0.1) is 0 Å². The molecule has 0 aliphatic rings. The van der Waals surface area contributed by atoms with Gasteiger partial charge < -0.3 is 15.7 Å². The molecule has 0 spiro atoms. The molecule has 0 unspecified atom stereocenters. The minimum atomic E-state index is -1.11. The van der Waals surface area contributed by atoms with E-state index >= 15 is 0 Å². The first-order valence-corrected chi connectivity index (χ1v) is 6.42. The van der Waals surface area contributed by atoms with E-state index in [2.05, 4.69) is 10.6 Å². The van der Waals surface area contributed by atoms with Crippen LogP contribution in [0.1, 0.15) is 20.3 Å². The zero-order valence-corrected chi connectivity index (χ0v) is 11.9. The van der Waals surface area contributed by atoms with Gasteiger partial charge in [0.1, 0.15) is 11.9 Å². The van der Waals surface area contributed by atoms with Gasteiger partial charge in [0.2, 0.25) is 0 Å². The number of anilines is 1. The molecule has 0 aliphatic carbocycles. The van der Waals surface area contributed by atoms with E-state index in [0.717, 1.165) is 12.1 Å². The molecule has 0 aromatic heterocycles. The molecule has 3 N–H and O–H groups in total. The zero-order valence-electron chi connectivity index (χ0n) is 11.1. The molecule has 0 fully saturated rings. The molecule has 0 saturated heterocycles. The second-order valence-electron chi connectivity index (χ2n) is 4.74. The molecule has 1 aromatic carbocycles. The summed E-state index contributed by atoms with van der Waals surface area (Å²) in [5.41, 5.74) is 0.208. The third-order valence-electron chi connectivity index (χ3n) is 2.49. The van der Waals surface area contributed by atoms with Crippen LogP contribution in [0, 0.1) is 11.7 Å². The molecule has 20 heavy (non-hydrogen) atoms. The molecular formula is C13H16ClFN2O3. The summed E-state index contributed by atoms with van der Waals surface area (Å²) >= 11 is 5.76. The second kappa shape index (κ2) is 7.09. The summed E-state index contributed by atoms with van der Waals surface area (Å²) in [4.78, 5) is 22.7. The van der Waals surface area contributed by atoms with Gasteiger partial charge >= 0.3 is 12.0 Å². The van der Waals surface area contributed by atoms with Gasteiger partial charge in [-0.1, -0.05) is 25.4 Å². The van der Waals surface area contributed by atoms with Crippen LogP contribution in [-0.4, -0.2) is 23.1 Å². The van der Waals surface area contributed by atoms with Crippen molar-refractivity contribution in [2.45, 2.75) is 26.3 Å². The maximum absolute atomic E-state index is 12.9. The van der Waals surface area contributed by atoms with Gasteiger partial charge in [-0.05, 0) is 30.5 Å². The Bertz CT molecular complexity index is 508. The van der Waals surface area contributed by atoms with Gasteiger partial charge in [-0.25, -0.2) is 14.0 Å². The van der Waals surface area contributed by atoms with Crippen molar-refractivity contribution < 1.29 is 19.1 Å². The lowest BCUT2D eigenvalue weighted by molar-refractivity contribution is -0.139. The normalized spacial score (nSPS) is 12.1.